The number of para-hydroxylation sites is 1. The molecule has 1 aromatic heterocycles. The summed E-state index contributed by atoms with van der Waals surface area (Å²) in [5.41, 5.74) is 2.85. The van der Waals surface area contributed by atoms with Crippen molar-refractivity contribution in [2.45, 2.75) is 19.4 Å². The van der Waals surface area contributed by atoms with E-state index in [0.29, 0.717) is 19.4 Å². The maximum absolute atomic E-state index is 12.2. The molecule has 1 aliphatic heterocycles. The third kappa shape index (κ3) is 4.09. The molecule has 1 N–H and O–H groups in total. The summed E-state index contributed by atoms with van der Waals surface area (Å²) in [5.74, 6) is 2.25. The summed E-state index contributed by atoms with van der Waals surface area (Å²) in [6, 6.07) is 13.5. The molecule has 3 aromatic rings. The molecule has 0 unspecified atom stereocenters. The Morgan fingerprint density at radius 2 is 2.07 bits per heavy atom. The molecular formula is C21H20N2O4S. The fraction of sp³-hybridized carbons (Fsp3) is 0.238. The molecule has 0 spiro atoms. The van der Waals surface area contributed by atoms with Crippen LogP contribution in [0.25, 0.3) is 10.6 Å². The van der Waals surface area contributed by atoms with Gasteiger partial charge in [0.2, 0.25) is 12.7 Å². The van der Waals surface area contributed by atoms with E-state index in [4.69, 9.17) is 14.2 Å². The molecule has 144 valence electrons. The monoisotopic (exact) mass is 396 g/mol. The third-order valence-electron chi connectivity index (χ3n) is 4.42. The number of carbonyl (C=O) groups is 1. The number of rotatable bonds is 7. The highest BCUT2D eigenvalue weighted by molar-refractivity contribution is 7.13. The van der Waals surface area contributed by atoms with Gasteiger partial charge in [-0.3, -0.25) is 4.79 Å². The first-order valence-electron chi connectivity index (χ1n) is 8.96. The van der Waals surface area contributed by atoms with Crippen LogP contribution in [0.1, 0.15) is 17.7 Å². The van der Waals surface area contributed by atoms with Crippen LogP contribution in [0, 0.1) is 0 Å². The van der Waals surface area contributed by atoms with Gasteiger partial charge in [0, 0.05) is 18.3 Å². The number of aryl methyl sites for hydroxylation is 1. The second kappa shape index (κ2) is 8.31. The van der Waals surface area contributed by atoms with Crippen molar-refractivity contribution in [1.82, 2.24) is 10.3 Å². The molecule has 0 atom stereocenters. The fourth-order valence-electron chi connectivity index (χ4n) is 2.95. The van der Waals surface area contributed by atoms with Crippen molar-refractivity contribution in [3.63, 3.8) is 0 Å². The number of hydrogen-bond donors (Lipinski definition) is 1. The first-order valence-corrected chi connectivity index (χ1v) is 9.84. The van der Waals surface area contributed by atoms with Crippen molar-refractivity contribution >= 4 is 17.2 Å². The number of hydrogen-bond acceptors (Lipinski definition) is 6. The molecule has 4 rings (SSSR count). The van der Waals surface area contributed by atoms with Crippen molar-refractivity contribution in [3.05, 3.63) is 59.1 Å². The number of nitrogens with zero attached hydrogens (tertiary/aromatic N) is 1. The molecular weight excluding hydrogens is 376 g/mol. The predicted molar refractivity (Wildman–Crippen MR) is 107 cm³/mol. The molecule has 1 amide bonds. The van der Waals surface area contributed by atoms with Crippen LogP contribution in [0.15, 0.2) is 47.8 Å². The normalized spacial score (nSPS) is 12.0. The minimum Gasteiger partial charge on any atom is -0.496 e. The van der Waals surface area contributed by atoms with Gasteiger partial charge in [-0.15, -0.1) is 11.3 Å². The van der Waals surface area contributed by atoms with Crippen LogP contribution in [-0.2, 0) is 17.8 Å². The zero-order valence-electron chi connectivity index (χ0n) is 15.4. The van der Waals surface area contributed by atoms with E-state index in [1.165, 1.54) is 0 Å². The third-order valence-corrected chi connectivity index (χ3v) is 5.35. The first-order chi connectivity index (χ1) is 13.7. The minimum atomic E-state index is -0.00971. The summed E-state index contributed by atoms with van der Waals surface area (Å²) in [5, 5.41) is 5.83. The van der Waals surface area contributed by atoms with Gasteiger partial charge in [-0.2, -0.15) is 0 Å². The van der Waals surface area contributed by atoms with E-state index in [0.717, 1.165) is 39.1 Å². The summed E-state index contributed by atoms with van der Waals surface area (Å²) >= 11 is 1.56. The van der Waals surface area contributed by atoms with Gasteiger partial charge < -0.3 is 19.5 Å². The number of methoxy groups -OCH3 is 1. The molecule has 0 bridgehead atoms. The van der Waals surface area contributed by atoms with E-state index < -0.39 is 0 Å². The number of nitrogens with one attached hydrogen (secondary N) is 1. The molecule has 1 aliphatic rings. The Hall–Kier alpha value is -3.06. The highest BCUT2D eigenvalue weighted by atomic mass is 32.1. The van der Waals surface area contributed by atoms with Crippen molar-refractivity contribution in [2.75, 3.05) is 13.9 Å². The molecule has 0 saturated carbocycles. The summed E-state index contributed by atoms with van der Waals surface area (Å²) in [6.45, 7) is 0.703. The Labute approximate surface area is 167 Å². The standard InChI is InChI=1S/C21H20N2O4S/c1-25-17-5-3-2-4-16(17)21-23-15(12-28-21)7-9-20(24)22-11-14-6-8-18-19(10-14)27-13-26-18/h2-6,8,10,12H,7,9,11,13H2,1H3,(H,22,24). The Morgan fingerprint density at radius 1 is 1.21 bits per heavy atom. The van der Waals surface area contributed by atoms with Gasteiger partial charge >= 0.3 is 0 Å². The maximum atomic E-state index is 12.2. The van der Waals surface area contributed by atoms with Gasteiger partial charge in [0.15, 0.2) is 11.5 Å². The molecule has 2 heterocycles. The van der Waals surface area contributed by atoms with Crippen LogP contribution in [0.5, 0.6) is 17.2 Å². The Bertz CT molecular complexity index is 986. The lowest BCUT2D eigenvalue weighted by molar-refractivity contribution is -0.121. The molecule has 6 nitrogen and oxygen atoms in total. The number of benzene rings is 2. The van der Waals surface area contributed by atoms with Gasteiger partial charge in [-0.1, -0.05) is 18.2 Å². The van der Waals surface area contributed by atoms with E-state index in [2.05, 4.69) is 10.3 Å². The molecule has 2 aromatic carbocycles. The Morgan fingerprint density at radius 3 is 2.96 bits per heavy atom. The van der Waals surface area contributed by atoms with E-state index in [9.17, 15) is 4.79 Å². The van der Waals surface area contributed by atoms with E-state index in [1.54, 1.807) is 18.4 Å². The molecule has 0 radical (unpaired) electrons. The molecule has 0 aliphatic carbocycles. The average Bonchev–Trinajstić information content (AvgIpc) is 3.39. The second-order valence-electron chi connectivity index (χ2n) is 6.31. The minimum absolute atomic E-state index is 0.00971. The summed E-state index contributed by atoms with van der Waals surface area (Å²) in [7, 11) is 1.65. The lowest BCUT2D eigenvalue weighted by Crippen LogP contribution is -2.23. The van der Waals surface area contributed by atoms with Crippen LogP contribution in [0.3, 0.4) is 0 Å². The Balaban J connectivity index is 1.30. The zero-order chi connectivity index (χ0) is 19.3. The zero-order valence-corrected chi connectivity index (χ0v) is 16.3. The quantitative estimate of drug-likeness (QED) is 0.658. The predicted octanol–water partition coefficient (Wildman–Crippen LogP) is 3.80. The first kappa shape index (κ1) is 18.3. The second-order valence-corrected chi connectivity index (χ2v) is 7.17. The number of carbonyl (C=O) groups excluding carboxylic acids is 1. The van der Waals surface area contributed by atoms with Crippen LogP contribution < -0.4 is 19.5 Å². The van der Waals surface area contributed by atoms with Gasteiger partial charge in [0.1, 0.15) is 10.8 Å². The van der Waals surface area contributed by atoms with E-state index >= 15 is 0 Å². The average molecular weight is 396 g/mol. The topological polar surface area (TPSA) is 69.7 Å². The summed E-state index contributed by atoms with van der Waals surface area (Å²) in [4.78, 5) is 16.8. The van der Waals surface area contributed by atoms with Crippen LogP contribution in [0.4, 0.5) is 0 Å². The summed E-state index contributed by atoms with van der Waals surface area (Å²) < 4.78 is 16.0. The maximum Gasteiger partial charge on any atom is 0.231 e. The van der Waals surface area contributed by atoms with Gasteiger partial charge in [-0.05, 0) is 36.2 Å². The largest absolute Gasteiger partial charge is 0.496 e. The van der Waals surface area contributed by atoms with E-state index in [-0.39, 0.29) is 12.7 Å². The smallest absolute Gasteiger partial charge is 0.231 e. The fourth-order valence-corrected chi connectivity index (χ4v) is 3.83. The number of ether oxygens (including phenoxy) is 3. The van der Waals surface area contributed by atoms with Crippen molar-refractivity contribution in [2.24, 2.45) is 0 Å². The van der Waals surface area contributed by atoms with Crippen molar-refractivity contribution in [1.29, 1.82) is 0 Å². The summed E-state index contributed by atoms with van der Waals surface area (Å²) in [6.07, 6.45) is 0.984. The van der Waals surface area contributed by atoms with Gasteiger partial charge in [0.05, 0.1) is 18.4 Å². The number of thiazole rings is 1. The SMILES string of the molecule is COc1ccccc1-c1nc(CCC(=O)NCc2ccc3c(c2)OCO3)cs1. The van der Waals surface area contributed by atoms with Crippen LogP contribution >= 0.6 is 11.3 Å². The number of aromatic nitrogens is 1. The van der Waals surface area contributed by atoms with Crippen molar-refractivity contribution in [3.8, 4) is 27.8 Å². The van der Waals surface area contributed by atoms with Gasteiger partial charge in [0.25, 0.3) is 0 Å². The van der Waals surface area contributed by atoms with Gasteiger partial charge in [-0.25, -0.2) is 4.98 Å². The molecule has 28 heavy (non-hydrogen) atoms. The molecule has 0 fully saturated rings. The van der Waals surface area contributed by atoms with Crippen molar-refractivity contribution < 1.29 is 19.0 Å². The Kier molecular flexibility index (Phi) is 5.43. The van der Waals surface area contributed by atoms with E-state index in [1.807, 2.05) is 47.8 Å². The van der Waals surface area contributed by atoms with Crippen LogP contribution in [-0.4, -0.2) is 24.8 Å². The molecule has 0 saturated heterocycles. The molecule has 7 heteroatoms. The lowest BCUT2D eigenvalue weighted by atomic mass is 10.2. The van der Waals surface area contributed by atoms with Crippen LogP contribution in [0.2, 0.25) is 0 Å². The highest BCUT2D eigenvalue weighted by Crippen LogP contribution is 2.33. The highest BCUT2D eigenvalue weighted by Gasteiger charge is 2.14. The number of amides is 1. The number of fused-ring (bicyclic) bond motifs is 1. The lowest BCUT2D eigenvalue weighted by Gasteiger charge is -2.06.